The van der Waals surface area contributed by atoms with Gasteiger partial charge in [0.1, 0.15) is 12.4 Å². The number of rotatable bonds is 8. The van der Waals surface area contributed by atoms with Crippen LogP contribution >= 0.6 is 24.0 Å². The van der Waals surface area contributed by atoms with Gasteiger partial charge in [0.05, 0.1) is 6.54 Å². The summed E-state index contributed by atoms with van der Waals surface area (Å²) in [5.74, 6) is 1.67. The summed E-state index contributed by atoms with van der Waals surface area (Å²) < 4.78 is 5.70. The minimum atomic E-state index is 0. The molecule has 0 saturated carbocycles. The molecule has 1 aliphatic rings. The molecule has 1 aliphatic heterocycles. The van der Waals surface area contributed by atoms with Gasteiger partial charge in [-0.3, -0.25) is 9.89 Å². The molecule has 1 heterocycles. The lowest BCUT2D eigenvalue weighted by atomic mass is 10.1. The van der Waals surface area contributed by atoms with Crippen LogP contribution in [-0.2, 0) is 13.1 Å². The number of aliphatic imine (C=N–C) groups is 1. The molecule has 31 heavy (non-hydrogen) atoms. The van der Waals surface area contributed by atoms with Crippen LogP contribution in [0.15, 0.2) is 59.6 Å². The molecule has 2 aromatic carbocycles. The average molecular weight is 537 g/mol. The molecule has 0 aliphatic carbocycles. The third kappa shape index (κ3) is 9.45. The first-order valence-corrected chi connectivity index (χ1v) is 10.8. The van der Waals surface area contributed by atoms with E-state index < -0.39 is 0 Å². The minimum absolute atomic E-state index is 0. The summed E-state index contributed by atoms with van der Waals surface area (Å²) in [6, 6.07) is 18.8. The van der Waals surface area contributed by atoms with Crippen molar-refractivity contribution in [3.8, 4) is 5.75 Å². The Hall–Kier alpha value is -1.84. The smallest absolute Gasteiger partial charge is 0.191 e. The van der Waals surface area contributed by atoms with E-state index in [0.29, 0.717) is 13.2 Å². The maximum absolute atomic E-state index is 5.70. The molecule has 7 heteroatoms. The lowest BCUT2D eigenvalue weighted by Gasteiger charge is -2.20. The van der Waals surface area contributed by atoms with E-state index in [-0.39, 0.29) is 24.0 Å². The van der Waals surface area contributed by atoms with E-state index in [1.165, 1.54) is 30.6 Å². The molecule has 1 fully saturated rings. The molecule has 0 amide bonds. The highest BCUT2D eigenvalue weighted by atomic mass is 127. The zero-order valence-electron chi connectivity index (χ0n) is 18.7. The quantitative estimate of drug-likeness (QED) is 0.235. The Balaban J connectivity index is 0.00000341. The topological polar surface area (TPSA) is 52.1 Å². The van der Waals surface area contributed by atoms with Crippen LogP contribution in [0.5, 0.6) is 5.75 Å². The van der Waals surface area contributed by atoms with Crippen LogP contribution in [0, 0.1) is 0 Å². The largest absolute Gasteiger partial charge is 0.492 e. The second-order valence-electron chi connectivity index (χ2n) is 7.76. The Morgan fingerprint density at radius 3 is 2.42 bits per heavy atom. The SMILES string of the molecule is CN=C(NCCOc1ccccc1)NCc1ccc(CN2CCCN(C)CC2)cc1.I. The van der Waals surface area contributed by atoms with Crippen molar-refractivity contribution in [1.29, 1.82) is 0 Å². The summed E-state index contributed by atoms with van der Waals surface area (Å²) >= 11 is 0. The molecule has 6 nitrogen and oxygen atoms in total. The fourth-order valence-corrected chi connectivity index (χ4v) is 3.54. The van der Waals surface area contributed by atoms with E-state index in [1.807, 2.05) is 30.3 Å². The van der Waals surface area contributed by atoms with Crippen LogP contribution in [-0.4, -0.2) is 69.2 Å². The first-order chi connectivity index (χ1) is 14.7. The monoisotopic (exact) mass is 537 g/mol. The predicted octanol–water partition coefficient (Wildman–Crippen LogP) is 3.19. The van der Waals surface area contributed by atoms with Crippen molar-refractivity contribution in [3.05, 3.63) is 65.7 Å². The third-order valence-corrected chi connectivity index (χ3v) is 5.33. The molecule has 0 bridgehead atoms. The Morgan fingerprint density at radius 2 is 1.68 bits per heavy atom. The van der Waals surface area contributed by atoms with Gasteiger partial charge in [-0.15, -0.1) is 24.0 Å². The molecule has 0 aromatic heterocycles. The second kappa shape index (κ2) is 14.3. The van der Waals surface area contributed by atoms with Crippen LogP contribution in [0.25, 0.3) is 0 Å². The number of guanidine groups is 1. The number of hydrogen-bond donors (Lipinski definition) is 2. The highest BCUT2D eigenvalue weighted by Gasteiger charge is 2.12. The third-order valence-electron chi connectivity index (χ3n) is 5.33. The normalized spacial score (nSPS) is 15.6. The second-order valence-corrected chi connectivity index (χ2v) is 7.76. The van der Waals surface area contributed by atoms with E-state index >= 15 is 0 Å². The molecular weight excluding hydrogens is 501 g/mol. The van der Waals surface area contributed by atoms with Crippen molar-refractivity contribution in [2.75, 3.05) is 53.4 Å². The summed E-state index contributed by atoms with van der Waals surface area (Å²) in [7, 11) is 4.00. The molecule has 1 saturated heterocycles. The number of halogens is 1. The molecule has 2 aromatic rings. The predicted molar refractivity (Wildman–Crippen MR) is 139 cm³/mol. The fourth-order valence-electron chi connectivity index (χ4n) is 3.54. The number of para-hydroxylation sites is 1. The molecule has 0 spiro atoms. The van der Waals surface area contributed by atoms with E-state index in [0.717, 1.165) is 37.9 Å². The zero-order chi connectivity index (χ0) is 21.0. The molecule has 3 rings (SSSR count). The highest BCUT2D eigenvalue weighted by molar-refractivity contribution is 14.0. The average Bonchev–Trinajstić information content (AvgIpc) is 2.99. The number of nitrogens with zero attached hydrogens (tertiary/aromatic N) is 3. The van der Waals surface area contributed by atoms with Crippen LogP contribution in [0.2, 0.25) is 0 Å². The standard InChI is InChI=1S/C24H35N5O.HI/c1-25-24(26-13-18-30-23-7-4-3-5-8-23)27-19-21-9-11-22(12-10-21)20-29-15-6-14-28(2)16-17-29;/h3-5,7-12H,6,13-20H2,1-2H3,(H2,25,26,27);1H. The lowest BCUT2D eigenvalue weighted by Crippen LogP contribution is -2.38. The summed E-state index contributed by atoms with van der Waals surface area (Å²) in [6.45, 7) is 7.75. The lowest BCUT2D eigenvalue weighted by molar-refractivity contribution is 0.269. The first-order valence-electron chi connectivity index (χ1n) is 10.8. The first kappa shape index (κ1) is 25.4. The minimum Gasteiger partial charge on any atom is -0.492 e. The van der Waals surface area contributed by atoms with Crippen molar-refractivity contribution >= 4 is 29.9 Å². The van der Waals surface area contributed by atoms with E-state index in [4.69, 9.17) is 4.74 Å². The Labute approximate surface area is 204 Å². The van der Waals surface area contributed by atoms with Crippen molar-refractivity contribution in [1.82, 2.24) is 20.4 Å². The van der Waals surface area contributed by atoms with Gasteiger partial charge in [0.15, 0.2) is 5.96 Å². The van der Waals surface area contributed by atoms with Gasteiger partial charge in [-0.25, -0.2) is 0 Å². The number of benzene rings is 2. The molecule has 0 atom stereocenters. The zero-order valence-corrected chi connectivity index (χ0v) is 21.0. The highest BCUT2D eigenvalue weighted by Crippen LogP contribution is 2.10. The Kier molecular flexibility index (Phi) is 11.7. The van der Waals surface area contributed by atoms with Crippen molar-refractivity contribution < 1.29 is 4.74 Å². The molecule has 2 N–H and O–H groups in total. The number of nitrogens with one attached hydrogen (secondary N) is 2. The Bertz CT molecular complexity index is 769. The number of ether oxygens (including phenoxy) is 1. The van der Waals surface area contributed by atoms with E-state index in [9.17, 15) is 0 Å². The molecule has 170 valence electrons. The van der Waals surface area contributed by atoms with E-state index in [1.54, 1.807) is 7.05 Å². The van der Waals surface area contributed by atoms with E-state index in [2.05, 4.69) is 56.7 Å². The van der Waals surface area contributed by atoms with Gasteiger partial charge < -0.3 is 20.3 Å². The molecule has 0 unspecified atom stereocenters. The van der Waals surface area contributed by atoms with Crippen LogP contribution in [0.4, 0.5) is 0 Å². The number of likely N-dealkylation sites (N-methyl/N-ethyl adjacent to an activating group) is 1. The molecular formula is C24H36IN5O. The van der Waals surface area contributed by atoms with Gasteiger partial charge in [0, 0.05) is 33.2 Å². The van der Waals surface area contributed by atoms with Gasteiger partial charge in [-0.1, -0.05) is 42.5 Å². The number of hydrogen-bond acceptors (Lipinski definition) is 4. The summed E-state index contributed by atoms with van der Waals surface area (Å²) in [4.78, 5) is 9.26. The maximum Gasteiger partial charge on any atom is 0.191 e. The summed E-state index contributed by atoms with van der Waals surface area (Å²) in [6.07, 6.45) is 1.25. The van der Waals surface area contributed by atoms with Crippen LogP contribution < -0.4 is 15.4 Å². The van der Waals surface area contributed by atoms with Crippen molar-refractivity contribution in [3.63, 3.8) is 0 Å². The fraction of sp³-hybridized carbons (Fsp3) is 0.458. The van der Waals surface area contributed by atoms with Gasteiger partial charge in [-0.2, -0.15) is 0 Å². The summed E-state index contributed by atoms with van der Waals surface area (Å²) in [5, 5.41) is 6.65. The van der Waals surface area contributed by atoms with Crippen molar-refractivity contribution in [2.24, 2.45) is 4.99 Å². The Morgan fingerprint density at radius 1 is 0.935 bits per heavy atom. The van der Waals surface area contributed by atoms with Gasteiger partial charge >= 0.3 is 0 Å². The molecule has 0 radical (unpaired) electrons. The van der Waals surface area contributed by atoms with Gasteiger partial charge in [0.25, 0.3) is 0 Å². The van der Waals surface area contributed by atoms with Gasteiger partial charge in [-0.05, 0) is 49.8 Å². The van der Waals surface area contributed by atoms with Crippen LogP contribution in [0.3, 0.4) is 0 Å². The van der Waals surface area contributed by atoms with Gasteiger partial charge in [0.2, 0.25) is 0 Å². The van der Waals surface area contributed by atoms with Crippen LogP contribution in [0.1, 0.15) is 17.5 Å². The van der Waals surface area contributed by atoms with Crippen molar-refractivity contribution in [2.45, 2.75) is 19.5 Å². The maximum atomic E-state index is 5.70. The summed E-state index contributed by atoms with van der Waals surface area (Å²) in [5.41, 5.74) is 2.63.